The van der Waals surface area contributed by atoms with E-state index in [-0.39, 0.29) is 17.8 Å². The molecule has 3 heterocycles. The van der Waals surface area contributed by atoms with E-state index >= 15 is 0 Å². The maximum Gasteiger partial charge on any atom is 0.230 e. The van der Waals surface area contributed by atoms with Gasteiger partial charge in [-0.25, -0.2) is 4.98 Å². The van der Waals surface area contributed by atoms with Crippen LogP contribution in [0.2, 0.25) is 0 Å². The number of benzene rings is 1. The first-order chi connectivity index (χ1) is 13.0. The van der Waals surface area contributed by atoms with Crippen molar-refractivity contribution in [2.75, 3.05) is 12.4 Å². The maximum atomic E-state index is 12.9. The standard InChI is InChI=1S/C21H22ClN3O2/c1-21(2,13-22)20(26)25-10-4-6-17(25)19-24-16-11-14(7-8-18(16)27-19)15-5-3-9-23-12-15/h3,5,7-9,11-12,17H,4,6,10,13H2,1-2H3. The van der Waals surface area contributed by atoms with Gasteiger partial charge < -0.3 is 9.32 Å². The normalized spacial score (nSPS) is 17.6. The van der Waals surface area contributed by atoms with Gasteiger partial charge in [-0.2, -0.15) is 0 Å². The molecule has 1 aliphatic rings. The van der Waals surface area contributed by atoms with E-state index < -0.39 is 5.41 Å². The molecule has 27 heavy (non-hydrogen) atoms. The minimum absolute atomic E-state index is 0.0540. The van der Waals surface area contributed by atoms with Crippen LogP contribution in [0.15, 0.2) is 47.1 Å². The highest BCUT2D eigenvalue weighted by atomic mass is 35.5. The van der Waals surface area contributed by atoms with E-state index in [9.17, 15) is 4.79 Å². The molecule has 1 fully saturated rings. The Kier molecular flexibility index (Phi) is 4.64. The predicted molar refractivity (Wildman–Crippen MR) is 105 cm³/mol. The fourth-order valence-electron chi connectivity index (χ4n) is 3.51. The van der Waals surface area contributed by atoms with Crippen LogP contribution in [-0.4, -0.2) is 33.2 Å². The molecular formula is C21H22ClN3O2. The number of pyridine rings is 1. The Morgan fingerprint density at radius 2 is 2.19 bits per heavy atom. The number of nitrogens with zero attached hydrogens (tertiary/aromatic N) is 3. The zero-order valence-corrected chi connectivity index (χ0v) is 16.2. The van der Waals surface area contributed by atoms with Gasteiger partial charge in [0.15, 0.2) is 5.58 Å². The average Bonchev–Trinajstić information content (AvgIpc) is 3.33. The van der Waals surface area contributed by atoms with Crippen LogP contribution in [0.4, 0.5) is 0 Å². The van der Waals surface area contributed by atoms with Crippen LogP contribution in [0.3, 0.4) is 0 Å². The van der Waals surface area contributed by atoms with Crippen LogP contribution in [0.1, 0.15) is 38.6 Å². The fourth-order valence-corrected chi connectivity index (χ4v) is 3.63. The van der Waals surface area contributed by atoms with Gasteiger partial charge in [-0.3, -0.25) is 9.78 Å². The lowest BCUT2D eigenvalue weighted by Crippen LogP contribution is -2.41. The van der Waals surface area contributed by atoms with Crippen molar-refractivity contribution in [2.24, 2.45) is 5.41 Å². The van der Waals surface area contributed by atoms with Crippen LogP contribution in [0.25, 0.3) is 22.2 Å². The molecule has 1 saturated heterocycles. The van der Waals surface area contributed by atoms with E-state index in [1.807, 2.05) is 55.3 Å². The first kappa shape index (κ1) is 18.0. The van der Waals surface area contributed by atoms with E-state index in [0.717, 1.165) is 35.1 Å². The van der Waals surface area contributed by atoms with Gasteiger partial charge in [0.05, 0.1) is 5.41 Å². The third-order valence-corrected chi connectivity index (χ3v) is 5.78. The van der Waals surface area contributed by atoms with Crippen molar-refractivity contribution in [1.29, 1.82) is 0 Å². The van der Waals surface area contributed by atoms with Crippen molar-refractivity contribution in [3.8, 4) is 11.1 Å². The van der Waals surface area contributed by atoms with Crippen molar-refractivity contribution in [1.82, 2.24) is 14.9 Å². The van der Waals surface area contributed by atoms with Gasteiger partial charge in [0.2, 0.25) is 11.8 Å². The number of hydrogen-bond donors (Lipinski definition) is 0. The van der Waals surface area contributed by atoms with Gasteiger partial charge in [-0.05, 0) is 50.5 Å². The minimum Gasteiger partial charge on any atom is -0.438 e. The molecule has 0 aliphatic carbocycles. The number of alkyl halides is 1. The maximum absolute atomic E-state index is 12.9. The Balaban J connectivity index is 1.66. The SMILES string of the molecule is CC(C)(CCl)C(=O)N1CCCC1c1nc2cc(-c3cccnc3)ccc2o1. The smallest absolute Gasteiger partial charge is 0.230 e. The highest BCUT2D eigenvalue weighted by molar-refractivity contribution is 6.19. The number of fused-ring (bicyclic) bond motifs is 1. The Morgan fingerprint density at radius 1 is 1.33 bits per heavy atom. The molecule has 5 nitrogen and oxygen atoms in total. The second-order valence-corrected chi connectivity index (χ2v) is 7.92. The van der Waals surface area contributed by atoms with E-state index in [1.54, 1.807) is 6.20 Å². The number of amides is 1. The lowest BCUT2D eigenvalue weighted by Gasteiger charge is -2.30. The zero-order chi connectivity index (χ0) is 19.0. The summed E-state index contributed by atoms with van der Waals surface area (Å²) in [5.74, 6) is 0.944. The van der Waals surface area contributed by atoms with Gasteiger partial charge in [0.1, 0.15) is 11.6 Å². The second kappa shape index (κ2) is 6.97. The summed E-state index contributed by atoms with van der Waals surface area (Å²) in [5, 5.41) is 0. The van der Waals surface area contributed by atoms with Crippen molar-refractivity contribution in [3.05, 3.63) is 48.6 Å². The lowest BCUT2D eigenvalue weighted by atomic mass is 9.94. The Labute approximate surface area is 163 Å². The molecule has 0 saturated carbocycles. The summed E-state index contributed by atoms with van der Waals surface area (Å²) in [6.07, 6.45) is 5.37. The number of oxazole rings is 1. The Morgan fingerprint density at radius 3 is 2.93 bits per heavy atom. The van der Waals surface area contributed by atoms with Gasteiger partial charge in [0, 0.05) is 30.4 Å². The van der Waals surface area contributed by atoms with E-state index in [0.29, 0.717) is 12.4 Å². The van der Waals surface area contributed by atoms with Crippen molar-refractivity contribution < 1.29 is 9.21 Å². The quantitative estimate of drug-likeness (QED) is 0.606. The molecular weight excluding hydrogens is 362 g/mol. The number of carbonyl (C=O) groups excluding carboxylic acids is 1. The molecule has 3 aromatic rings. The summed E-state index contributed by atoms with van der Waals surface area (Å²) in [6, 6.07) is 9.73. The number of aromatic nitrogens is 2. The number of halogens is 1. The molecule has 1 aromatic carbocycles. The van der Waals surface area contributed by atoms with E-state index in [4.69, 9.17) is 21.0 Å². The summed E-state index contributed by atoms with van der Waals surface area (Å²) in [5.41, 5.74) is 3.00. The van der Waals surface area contributed by atoms with E-state index in [1.165, 1.54) is 0 Å². The van der Waals surface area contributed by atoms with Gasteiger partial charge >= 0.3 is 0 Å². The molecule has 1 unspecified atom stereocenters. The largest absolute Gasteiger partial charge is 0.438 e. The van der Waals surface area contributed by atoms with Crippen molar-refractivity contribution in [3.63, 3.8) is 0 Å². The topological polar surface area (TPSA) is 59.2 Å². The van der Waals surface area contributed by atoms with Crippen LogP contribution >= 0.6 is 11.6 Å². The van der Waals surface area contributed by atoms with Crippen molar-refractivity contribution >= 4 is 28.6 Å². The second-order valence-electron chi connectivity index (χ2n) is 7.65. The molecule has 1 amide bonds. The lowest BCUT2D eigenvalue weighted by molar-refractivity contribution is -0.140. The number of hydrogen-bond acceptors (Lipinski definition) is 4. The van der Waals surface area contributed by atoms with Crippen LogP contribution in [0.5, 0.6) is 0 Å². The highest BCUT2D eigenvalue weighted by Crippen LogP contribution is 2.37. The summed E-state index contributed by atoms with van der Waals surface area (Å²) in [4.78, 5) is 23.6. The molecule has 0 N–H and O–H groups in total. The number of carbonyl (C=O) groups is 1. The molecule has 140 valence electrons. The van der Waals surface area contributed by atoms with Gasteiger partial charge in [-0.1, -0.05) is 12.1 Å². The average molecular weight is 384 g/mol. The van der Waals surface area contributed by atoms with Crippen LogP contribution in [0, 0.1) is 5.41 Å². The molecule has 2 aromatic heterocycles. The number of likely N-dealkylation sites (tertiary alicyclic amines) is 1. The van der Waals surface area contributed by atoms with Crippen LogP contribution in [-0.2, 0) is 4.79 Å². The molecule has 1 atom stereocenters. The molecule has 4 rings (SSSR count). The van der Waals surface area contributed by atoms with Gasteiger partial charge in [0.25, 0.3) is 0 Å². The Bertz CT molecular complexity index is 968. The molecule has 0 bridgehead atoms. The van der Waals surface area contributed by atoms with Crippen LogP contribution < -0.4 is 0 Å². The highest BCUT2D eigenvalue weighted by Gasteiger charge is 2.39. The third kappa shape index (κ3) is 3.32. The molecule has 6 heteroatoms. The fraction of sp³-hybridized carbons (Fsp3) is 0.381. The minimum atomic E-state index is -0.594. The number of rotatable bonds is 4. The summed E-state index contributed by atoms with van der Waals surface area (Å²) < 4.78 is 6.02. The molecule has 0 spiro atoms. The third-order valence-electron chi connectivity index (χ3n) is 5.11. The van der Waals surface area contributed by atoms with Gasteiger partial charge in [-0.15, -0.1) is 11.6 Å². The first-order valence-corrected chi connectivity index (χ1v) is 9.71. The predicted octanol–water partition coefficient (Wildman–Crippen LogP) is 4.82. The summed E-state index contributed by atoms with van der Waals surface area (Å²) in [7, 11) is 0. The molecule has 0 radical (unpaired) electrons. The Hall–Kier alpha value is -2.40. The monoisotopic (exact) mass is 383 g/mol. The first-order valence-electron chi connectivity index (χ1n) is 9.17. The van der Waals surface area contributed by atoms with Crippen molar-refractivity contribution in [2.45, 2.75) is 32.7 Å². The van der Waals surface area contributed by atoms with E-state index in [2.05, 4.69) is 4.98 Å². The zero-order valence-electron chi connectivity index (χ0n) is 15.5. The summed E-state index contributed by atoms with van der Waals surface area (Å²) >= 11 is 6.01. The summed E-state index contributed by atoms with van der Waals surface area (Å²) in [6.45, 7) is 4.47. The molecule has 1 aliphatic heterocycles.